The van der Waals surface area contributed by atoms with Crippen LogP contribution in [-0.2, 0) is 0 Å². The lowest BCUT2D eigenvalue weighted by atomic mass is 9.52. The van der Waals surface area contributed by atoms with Crippen molar-refractivity contribution in [3.63, 3.8) is 0 Å². The van der Waals surface area contributed by atoms with Gasteiger partial charge in [-0.15, -0.1) is 13.2 Å². The van der Waals surface area contributed by atoms with Crippen LogP contribution in [0.15, 0.2) is 24.3 Å². The van der Waals surface area contributed by atoms with Crippen molar-refractivity contribution >= 4 is 29.5 Å². The molecule has 0 aliphatic heterocycles. The molecule has 0 aliphatic rings. The molecule has 31 heavy (non-hydrogen) atoms. The molecule has 6 radical (unpaired) electrons. The first-order chi connectivity index (χ1) is 14.1. The molecule has 2 aromatic carbocycles. The van der Waals surface area contributed by atoms with E-state index < -0.39 is 69.8 Å². The Morgan fingerprint density at radius 2 is 1.45 bits per heavy atom. The quantitative estimate of drug-likeness (QED) is 0.521. The molecule has 0 aromatic heterocycles. The third-order valence-corrected chi connectivity index (χ3v) is 3.33. The van der Waals surface area contributed by atoms with Crippen molar-refractivity contribution in [2.24, 2.45) is 0 Å². The molecule has 0 amide bonds. The van der Waals surface area contributed by atoms with Gasteiger partial charge >= 0.3 is 12.3 Å². The molecule has 1 N–H and O–H groups in total. The highest BCUT2D eigenvalue weighted by atomic mass is 19.4. The maximum atomic E-state index is 14.5. The molecule has 158 valence electrons. The van der Waals surface area contributed by atoms with Gasteiger partial charge in [-0.25, -0.2) is 18.0 Å². The summed E-state index contributed by atoms with van der Waals surface area (Å²) in [5.74, 6) is -10.3. The van der Waals surface area contributed by atoms with Crippen LogP contribution < -0.4 is 14.2 Å². The van der Waals surface area contributed by atoms with Gasteiger partial charge in [0.1, 0.15) is 40.7 Å². The van der Waals surface area contributed by atoms with Gasteiger partial charge in [-0.05, 0) is 29.6 Å². The van der Waals surface area contributed by atoms with Crippen molar-refractivity contribution in [3.05, 3.63) is 47.0 Å². The fourth-order valence-corrected chi connectivity index (χ4v) is 2.22. The Morgan fingerprint density at radius 3 is 1.94 bits per heavy atom. The van der Waals surface area contributed by atoms with E-state index in [-0.39, 0.29) is 0 Å². The summed E-state index contributed by atoms with van der Waals surface area (Å²) < 4.78 is 105. The summed E-state index contributed by atoms with van der Waals surface area (Å²) in [5, 5.41) is 6.47. The summed E-state index contributed by atoms with van der Waals surface area (Å²) >= 11 is 0. The number of benzene rings is 2. The van der Waals surface area contributed by atoms with Gasteiger partial charge in [-0.2, -0.15) is 4.39 Å². The van der Waals surface area contributed by atoms with Crippen LogP contribution in [0.4, 0.5) is 30.7 Å². The highest BCUT2D eigenvalue weighted by Crippen LogP contribution is 2.42. The fraction of sp³-hybridized carbons (Fsp3) is 0.188. The smallest absolute Gasteiger partial charge is 0.510 e. The van der Waals surface area contributed by atoms with E-state index >= 15 is 0 Å². The summed E-state index contributed by atoms with van der Waals surface area (Å²) in [6.45, 7) is 0. The average molecular weight is 444 g/mol. The molecule has 0 spiro atoms. The second-order valence-electron chi connectivity index (χ2n) is 5.76. The van der Waals surface area contributed by atoms with Crippen molar-refractivity contribution in [1.29, 1.82) is 0 Å². The maximum absolute atomic E-state index is 14.5. The standard InChI is InChI=1S/C16H6B3F7O5/c17-15(18,19)31-12-8(4-3-7(11(12)21)30-16(24,25)26)29-6-2-1-5(13(22)23)10(20)9(6)14(27)28/h1-4,13H,(H,27,28). The predicted molar refractivity (Wildman–Crippen MR) is 92.1 cm³/mol. The third kappa shape index (κ3) is 6.01. The Morgan fingerprint density at radius 1 is 0.903 bits per heavy atom. The van der Waals surface area contributed by atoms with Gasteiger partial charge in [0.15, 0.2) is 17.2 Å². The summed E-state index contributed by atoms with van der Waals surface area (Å²) in [4.78, 5) is 11.3. The first-order valence-electron chi connectivity index (χ1n) is 7.76. The number of carboxylic acids is 1. The Kier molecular flexibility index (Phi) is 6.76. The zero-order valence-electron chi connectivity index (χ0n) is 14.8. The molecule has 0 atom stereocenters. The molecule has 5 nitrogen and oxygen atoms in total. The minimum atomic E-state index is -5.32. The Balaban J connectivity index is 2.62. The predicted octanol–water partition coefficient (Wildman–Crippen LogP) is 3.79. The Hall–Kier alpha value is -2.99. The number of carbonyl (C=O) groups is 1. The van der Waals surface area contributed by atoms with Gasteiger partial charge < -0.3 is 19.3 Å². The lowest BCUT2D eigenvalue weighted by Gasteiger charge is -2.26. The van der Waals surface area contributed by atoms with Gasteiger partial charge in [0, 0.05) is 0 Å². The molecule has 0 bridgehead atoms. The summed E-state index contributed by atoms with van der Waals surface area (Å²) in [6.07, 6.45) is -8.70. The highest BCUT2D eigenvalue weighted by Gasteiger charge is 2.34. The number of alkyl halides is 5. The summed E-state index contributed by atoms with van der Waals surface area (Å²) in [7, 11) is 15.4. The van der Waals surface area contributed by atoms with Crippen LogP contribution in [0.2, 0.25) is 0 Å². The van der Waals surface area contributed by atoms with Crippen LogP contribution in [-0.4, -0.2) is 46.3 Å². The van der Waals surface area contributed by atoms with Gasteiger partial charge in [-0.3, -0.25) is 0 Å². The molecule has 2 aromatic rings. The van der Waals surface area contributed by atoms with Gasteiger partial charge in [0.2, 0.25) is 5.82 Å². The minimum absolute atomic E-state index is 0.403. The normalized spacial score (nSPS) is 12.0. The van der Waals surface area contributed by atoms with Crippen LogP contribution in [0.3, 0.4) is 0 Å². The van der Waals surface area contributed by atoms with Crippen LogP contribution in [0.25, 0.3) is 0 Å². The molecule has 2 rings (SSSR count). The summed E-state index contributed by atoms with van der Waals surface area (Å²) in [5.41, 5.74) is -2.65. The second kappa shape index (κ2) is 8.63. The first-order valence-corrected chi connectivity index (χ1v) is 7.76. The van der Waals surface area contributed by atoms with Crippen molar-refractivity contribution < 1.29 is 54.8 Å². The molecule has 0 heterocycles. The highest BCUT2D eigenvalue weighted by molar-refractivity contribution is 6.58. The Bertz CT molecular complexity index is 993. The van der Waals surface area contributed by atoms with Crippen molar-refractivity contribution in [1.82, 2.24) is 0 Å². The van der Waals surface area contributed by atoms with E-state index in [4.69, 9.17) is 33.4 Å². The van der Waals surface area contributed by atoms with Crippen molar-refractivity contribution in [2.45, 2.75) is 18.1 Å². The first kappa shape index (κ1) is 24.3. The topological polar surface area (TPSA) is 65.0 Å². The molecule has 0 fully saturated rings. The lowest BCUT2D eigenvalue weighted by Crippen LogP contribution is -2.38. The summed E-state index contributed by atoms with van der Waals surface area (Å²) in [6, 6.07) is 2.09. The number of halogens is 7. The SMILES string of the molecule is [B]C([B])([B])Oc1c(Oc2ccc(C(F)F)c(F)c2C(=O)O)ccc(OC(F)(F)F)c1F. The van der Waals surface area contributed by atoms with E-state index in [1.165, 1.54) is 0 Å². The van der Waals surface area contributed by atoms with E-state index in [0.717, 1.165) is 0 Å². The van der Waals surface area contributed by atoms with Crippen LogP contribution in [0.5, 0.6) is 23.0 Å². The fourth-order valence-electron chi connectivity index (χ4n) is 2.22. The number of hydrogen-bond donors (Lipinski definition) is 1. The minimum Gasteiger partial charge on any atom is -0.510 e. The van der Waals surface area contributed by atoms with Crippen LogP contribution in [0, 0.1) is 11.6 Å². The zero-order chi connectivity index (χ0) is 23.7. The lowest BCUT2D eigenvalue weighted by molar-refractivity contribution is -0.275. The van der Waals surface area contributed by atoms with E-state index in [1.54, 1.807) is 0 Å². The Labute approximate surface area is 173 Å². The molecular formula is C16H6B3F7O5. The van der Waals surface area contributed by atoms with E-state index in [0.29, 0.717) is 24.3 Å². The van der Waals surface area contributed by atoms with Gasteiger partial charge in [-0.1, -0.05) is 0 Å². The third-order valence-electron chi connectivity index (χ3n) is 3.33. The van der Waals surface area contributed by atoms with E-state index in [2.05, 4.69) is 9.47 Å². The van der Waals surface area contributed by atoms with Crippen molar-refractivity contribution in [2.75, 3.05) is 0 Å². The maximum Gasteiger partial charge on any atom is 0.573 e. The number of hydrogen-bond acceptors (Lipinski definition) is 4. The largest absolute Gasteiger partial charge is 0.573 e. The molecule has 15 heteroatoms. The number of carboxylic acid groups (broad SMARTS) is 1. The van der Waals surface area contributed by atoms with E-state index in [9.17, 15) is 35.5 Å². The molecule has 0 saturated carbocycles. The van der Waals surface area contributed by atoms with Crippen LogP contribution >= 0.6 is 0 Å². The number of ether oxygens (including phenoxy) is 3. The van der Waals surface area contributed by atoms with E-state index in [1.807, 2.05) is 0 Å². The number of rotatable bonds is 7. The number of aromatic carboxylic acids is 1. The monoisotopic (exact) mass is 444 g/mol. The van der Waals surface area contributed by atoms with Crippen molar-refractivity contribution in [3.8, 4) is 23.0 Å². The van der Waals surface area contributed by atoms with Gasteiger partial charge in [0.05, 0.1) is 5.56 Å². The van der Waals surface area contributed by atoms with Crippen LogP contribution in [0.1, 0.15) is 22.3 Å². The molecule has 0 aliphatic carbocycles. The molecule has 0 unspecified atom stereocenters. The van der Waals surface area contributed by atoms with Gasteiger partial charge in [0.25, 0.3) is 6.43 Å². The molecular weight excluding hydrogens is 438 g/mol. The second-order valence-corrected chi connectivity index (χ2v) is 5.76. The average Bonchev–Trinajstić information content (AvgIpc) is 2.58. The molecule has 0 saturated heterocycles. The zero-order valence-corrected chi connectivity index (χ0v) is 14.8.